The van der Waals surface area contributed by atoms with Crippen LogP contribution in [0.5, 0.6) is 11.5 Å². The van der Waals surface area contributed by atoms with Gasteiger partial charge in [0, 0.05) is 25.7 Å². The third kappa shape index (κ3) is 3.15. The first-order chi connectivity index (χ1) is 10.3. The molecule has 1 aromatic carbocycles. The molecule has 1 fully saturated rings. The summed E-state index contributed by atoms with van der Waals surface area (Å²) in [5.74, 6) is 1.66. The number of nitrogens with two attached hydrogens (primary N) is 1. The molecule has 3 rings (SSSR count). The van der Waals surface area contributed by atoms with Crippen LogP contribution in [0.1, 0.15) is 24.9 Å². The summed E-state index contributed by atoms with van der Waals surface area (Å²) in [5, 5.41) is 0. The fourth-order valence-corrected chi connectivity index (χ4v) is 3.04. The summed E-state index contributed by atoms with van der Waals surface area (Å²) in [6.45, 7) is 6.62. The second-order valence-electron chi connectivity index (χ2n) is 5.55. The fourth-order valence-electron chi connectivity index (χ4n) is 3.04. The molecule has 0 radical (unpaired) electrons. The molecule has 1 saturated heterocycles. The summed E-state index contributed by atoms with van der Waals surface area (Å²) in [5.41, 5.74) is 7.24. The van der Waals surface area contributed by atoms with Gasteiger partial charge < -0.3 is 19.9 Å². The molecule has 0 amide bonds. The molecule has 116 valence electrons. The second kappa shape index (κ2) is 6.64. The monoisotopic (exact) mass is 292 g/mol. The average molecular weight is 292 g/mol. The molecule has 0 aliphatic carbocycles. The maximum atomic E-state index is 6.04. The van der Waals surface area contributed by atoms with E-state index in [1.165, 1.54) is 5.56 Å². The van der Waals surface area contributed by atoms with Crippen molar-refractivity contribution in [3.8, 4) is 11.5 Å². The van der Waals surface area contributed by atoms with Gasteiger partial charge in [0.2, 0.25) is 0 Å². The van der Waals surface area contributed by atoms with Crippen LogP contribution in [-0.2, 0) is 4.74 Å². The molecule has 0 spiro atoms. The van der Waals surface area contributed by atoms with Crippen LogP contribution in [0.2, 0.25) is 0 Å². The highest BCUT2D eigenvalue weighted by Gasteiger charge is 2.26. The highest BCUT2D eigenvalue weighted by Crippen LogP contribution is 2.34. The van der Waals surface area contributed by atoms with Crippen molar-refractivity contribution in [2.24, 2.45) is 5.73 Å². The number of fused-ring (bicyclic) bond motifs is 1. The maximum Gasteiger partial charge on any atom is 0.161 e. The van der Waals surface area contributed by atoms with Crippen LogP contribution in [0.3, 0.4) is 0 Å². The molecule has 2 atom stereocenters. The Morgan fingerprint density at radius 3 is 2.81 bits per heavy atom. The van der Waals surface area contributed by atoms with Crippen molar-refractivity contribution in [2.75, 3.05) is 39.5 Å². The molecule has 1 aromatic rings. The van der Waals surface area contributed by atoms with Crippen molar-refractivity contribution in [1.82, 2.24) is 4.90 Å². The summed E-state index contributed by atoms with van der Waals surface area (Å²) in [4.78, 5) is 2.42. The van der Waals surface area contributed by atoms with E-state index < -0.39 is 0 Å². The molecule has 2 aliphatic rings. The van der Waals surface area contributed by atoms with Crippen LogP contribution in [0.25, 0.3) is 0 Å². The molecule has 0 aromatic heterocycles. The minimum Gasteiger partial charge on any atom is -0.486 e. The normalized spacial score (nSPS) is 23.8. The molecule has 0 saturated carbocycles. The first-order valence-electron chi connectivity index (χ1n) is 7.77. The predicted octanol–water partition coefficient (Wildman–Crippen LogP) is 1.57. The first-order valence-corrected chi connectivity index (χ1v) is 7.77. The molecule has 2 aliphatic heterocycles. The minimum atomic E-state index is 0.207. The Balaban J connectivity index is 1.79. The molecule has 2 heterocycles. The standard InChI is InChI=1S/C16H24N2O3/c1-2-13-11-18(5-6-19-13)14(10-17)12-3-4-15-16(9-12)21-8-7-20-15/h3-4,9,13-14H,2,5-8,10-11,17H2,1H3. The second-order valence-corrected chi connectivity index (χ2v) is 5.55. The smallest absolute Gasteiger partial charge is 0.161 e. The van der Waals surface area contributed by atoms with Crippen molar-refractivity contribution in [3.63, 3.8) is 0 Å². The molecule has 2 unspecified atom stereocenters. The van der Waals surface area contributed by atoms with Gasteiger partial charge >= 0.3 is 0 Å². The van der Waals surface area contributed by atoms with E-state index in [9.17, 15) is 0 Å². The lowest BCUT2D eigenvalue weighted by molar-refractivity contribution is -0.0437. The predicted molar refractivity (Wildman–Crippen MR) is 80.8 cm³/mol. The molecular formula is C16H24N2O3. The SMILES string of the molecule is CCC1CN(C(CN)c2ccc3c(c2)OCCO3)CCO1. The average Bonchev–Trinajstić information content (AvgIpc) is 2.56. The number of hydrogen-bond donors (Lipinski definition) is 1. The molecule has 5 heteroatoms. The zero-order valence-electron chi connectivity index (χ0n) is 12.6. The zero-order valence-corrected chi connectivity index (χ0v) is 12.6. The summed E-state index contributed by atoms with van der Waals surface area (Å²) in [6, 6.07) is 6.37. The van der Waals surface area contributed by atoms with E-state index in [4.69, 9.17) is 19.9 Å². The summed E-state index contributed by atoms with van der Waals surface area (Å²) in [7, 11) is 0. The van der Waals surface area contributed by atoms with Crippen molar-refractivity contribution in [1.29, 1.82) is 0 Å². The Bertz CT molecular complexity index is 481. The Kier molecular flexibility index (Phi) is 4.63. The molecule has 0 bridgehead atoms. The van der Waals surface area contributed by atoms with E-state index >= 15 is 0 Å². The van der Waals surface area contributed by atoms with Crippen LogP contribution in [0.4, 0.5) is 0 Å². The number of morpholine rings is 1. The Hall–Kier alpha value is -1.30. The molecular weight excluding hydrogens is 268 g/mol. The van der Waals surface area contributed by atoms with Gasteiger partial charge in [-0.2, -0.15) is 0 Å². The van der Waals surface area contributed by atoms with Gasteiger partial charge in [-0.05, 0) is 24.1 Å². The van der Waals surface area contributed by atoms with E-state index in [-0.39, 0.29) is 6.04 Å². The third-order valence-corrected chi connectivity index (χ3v) is 4.24. The largest absolute Gasteiger partial charge is 0.486 e. The third-order valence-electron chi connectivity index (χ3n) is 4.24. The highest BCUT2D eigenvalue weighted by molar-refractivity contribution is 5.44. The van der Waals surface area contributed by atoms with E-state index in [2.05, 4.69) is 24.0 Å². The van der Waals surface area contributed by atoms with E-state index in [0.717, 1.165) is 37.6 Å². The quantitative estimate of drug-likeness (QED) is 0.913. The minimum absolute atomic E-state index is 0.207. The van der Waals surface area contributed by atoms with Crippen LogP contribution in [0.15, 0.2) is 18.2 Å². The molecule has 5 nitrogen and oxygen atoms in total. The van der Waals surface area contributed by atoms with Gasteiger partial charge in [-0.25, -0.2) is 0 Å². The van der Waals surface area contributed by atoms with E-state index in [1.54, 1.807) is 0 Å². The number of benzene rings is 1. The topological polar surface area (TPSA) is 57.0 Å². The lowest BCUT2D eigenvalue weighted by atomic mass is 10.0. The Morgan fingerprint density at radius 1 is 1.24 bits per heavy atom. The van der Waals surface area contributed by atoms with Gasteiger partial charge in [0.25, 0.3) is 0 Å². The first kappa shape index (κ1) is 14.6. The van der Waals surface area contributed by atoms with Crippen LogP contribution in [0, 0.1) is 0 Å². The lowest BCUT2D eigenvalue weighted by Crippen LogP contribution is -2.46. The van der Waals surface area contributed by atoms with Gasteiger partial charge in [-0.15, -0.1) is 0 Å². The summed E-state index contributed by atoms with van der Waals surface area (Å²) < 4.78 is 17.0. The maximum absolute atomic E-state index is 6.04. The molecule has 21 heavy (non-hydrogen) atoms. The zero-order chi connectivity index (χ0) is 14.7. The van der Waals surface area contributed by atoms with Crippen molar-refractivity contribution in [3.05, 3.63) is 23.8 Å². The lowest BCUT2D eigenvalue weighted by Gasteiger charge is -2.38. The van der Waals surface area contributed by atoms with Crippen LogP contribution >= 0.6 is 0 Å². The van der Waals surface area contributed by atoms with Crippen molar-refractivity contribution >= 4 is 0 Å². The summed E-state index contributed by atoms with van der Waals surface area (Å²) in [6.07, 6.45) is 1.35. The Morgan fingerprint density at radius 2 is 2.05 bits per heavy atom. The van der Waals surface area contributed by atoms with Gasteiger partial charge in [0.05, 0.1) is 12.7 Å². The van der Waals surface area contributed by atoms with E-state index in [0.29, 0.717) is 25.9 Å². The fraction of sp³-hybridized carbons (Fsp3) is 0.625. The van der Waals surface area contributed by atoms with Gasteiger partial charge in [0.15, 0.2) is 11.5 Å². The van der Waals surface area contributed by atoms with Crippen molar-refractivity contribution < 1.29 is 14.2 Å². The Labute approximate surface area is 126 Å². The number of rotatable bonds is 4. The number of nitrogens with zero attached hydrogens (tertiary/aromatic N) is 1. The van der Waals surface area contributed by atoms with Crippen molar-refractivity contribution in [2.45, 2.75) is 25.5 Å². The summed E-state index contributed by atoms with van der Waals surface area (Å²) >= 11 is 0. The number of hydrogen-bond acceptors (Lipinski definition) is 5. The van der Waals surface area contributed by atoms with Gasteiger partial charge in [0.1, 0.15) is 13.2 Å². The van der Waals surface area contributed by atoms with Gasteiger partial charge in [-0.3, -0.25) is 4.90 Å². The van der Waals surface area contributed by atoms with Crippen LogP contribution < -0.4 is 15.2 Å². The van der Waals surface area contributed by atoms with Crippen LogP contribution in [-0.4, -0.2) is 50.5 Å². The van der Waals surface area contributed by atoms with Gasteiger partial charge in [-0.1, -0.05) is 13.0 Å². The highest BCUT2D eigenvalue weighted by atomic mass is 16.6. The molecule has 2 N–H and O–H groups in total. The van der Waals surface area contributed by atoms with E-state index in [1.807, 2.05) is 6.07 Å². The number of ether oxygens (including phenoxy) is 3.